The number of amides is 1. The molecule has 6 nitrogen and oxygen atoms in total. The van der Waals surface area contributed by atoms with Crippen molar-refractivity contribution in [2.24, 2.45) is 0 Å². The minimum atomic E-state index is -0.488. The molecule has 23 heavy (non-hydrogen) atoms. The second-order valence-electron chi connectivity index (χ2n) is 4.52. The van der Waals surface area contributed by atoms with E-state index < -0.39 is 5.91 Å². The summed E-state index contributed by atoms with van der Waals surface area (Å²) in [5, 5.41) is 17.1. The van der Waals surface area contributed by atoms with E-state index in [1.54, 1.807) is 24.3 Å². The number of carbonyl (C=O) groups is 1. The third-order valence-electron chi connectivity index (χ3n) is 2.75. The number of nitrogens with one attached hydrogen (secondary N) is 2. The number of hydrogen-bond donors (Lipinski definition) is 2. The van der Waals surface area contributed by atoms with Gasteiger partial charge >= 0.3 is 0 Å². The maximum Gasteiger partial charge on any atom is 0.267 e. The van der Waals surface area contributed by atoms with Crippen molar-refractivity contribution in [2.45, 2.75) is 13.8 Å². The van der Waals surface area contributed by atoms with Crippen molar-refractivity contribution in [3.05, 3.63) is 47.1 Å². The third kappa shape index (κ3) is 4.83. The van der Waals surface area contributed by atoms with Crippen LogP contribution in [0.1, 0.15) is 12.6 Å². The molecule has 2 rings (SSSR count). The molecular weight excluding hydrogens is 312 g/mol. The molecular formula is C16H16N4O2S. The first kappa shape index (κ1) is 16.5. The Morgan fingerprint density at radius 1 is 1.43 bits per heavy atom. The van der Waals surface area contributed by atoms with Crippen LogP contribution in [0, 0.1) is 18.3 Å². The number of carbonyl (C=O) groups excluding carboxylic acids is 1. The molecule has 2 N–H and O–H groups in total. The highest BCUT2D eigenvalue weighted by Gasteiger charge is 2.09. The van der Waals surface area contributed by atoms with Crippen molar-refractivity contribution < 1.29 is 9.53 Å². The smallest absolute Gasteiger partial charge is 0.267 e. The van der Waals surface area contributed by atoms with Crippen molar-refractivity contribution >= 4 is 28.1 Å². The van der Waals surface area contributed by atoms with E-state index in [0.29, 0.717) is 17.4 Å². The SMILES string of the molecule is CCOc1ccc(NC(=O)/C(C#N)=C\Nc2nc(C)cs2)cc1. The zero-order valence-corrected chi connectivity index (χ0v) is 13.6. The van der Waals surface area contributed by atoms with E-state index in [2.05, 4.69) is 15.6 Å². The van der Waals surface area contributed by atoms with Gasteiger partial charge in [-0.1, -0.05) is 0 Å². The topological polar surface area (TPSA) is 87.0 Å². The molecule has 0 aliphatic carbocycles. The van der Waals surface area contributed by atoms with Gasteiger partial charge in [0.15, 0.2) is 5.13 Å². The van der Waals surface area contributed by atoms with E-state index in [1.165, 1.54) is 17.5 Å². The molecule has 0 fully saturated rings. The molecule has 0 atom stereocenters. The highest BCUT2D eigenvalue weighted by molar-refractivity contribution is 7.13. The number of nitrogens with zero attached hydrogens (tertiary/aromatic N) is 2. The van der Waals surface area contributed by atoms with Gasteiger partial charge in [-0.3, -0.25) is 4.79 Å². The average Bonchev–Trinajstić information content (AvgIpc) is 2.95. The first-order valence-corrected chi connectivity index (χ1v) is 7.83. The molecule has 1 aromatic heterocycles. The van der Waals surface area contributed by atoms with Crippen LogP contribution < -0.4 is 15.4 Å². The maximum absolute atomic E-state index is 12.1. The quantitative estimate of drug-likeness (QED) is 0.627. The molecule has 1 aromatic carbocycles. The number of aryl methyl sites for hydroxylation is 1. The van der Waals surface area contributed by atoms with E-state index >= 15 is 0 Å². The van der Waals surface area contributed by atoms with Crippen LogP contribution in [0.2, 0.25) is 0 Å². The minimum Gasteiger partial charge on any atom is -0.494 e. The van der Waals surface area contributed by atoms with Crippen LogP contribution >= 0.6 is 11.3 Å². The summed E-state index contributed by atoms with van der Waals surface area (Å²) in [5.74, 6) is 0.236. The van der Waals surface area contributed by atoms with Gasteiger partial charge in [0.1, 0.15) is 17.4 Å². The number of aromatic nitrogens is 1. The summed E-state index contributed by atoms with van der Waals surface area (Å²) in [6.07, 6.45) is 1.35. The fourth-order valence-electron chi connectivity index (χ4n) is 1.70. The number of hydrogen-bond acceptors (Lipinski definition) is 6. The van der Waals surface area contributed by atoms with Gasteiger partial charge in [-0.25, -0.2) is 4.98 Å². The molecule has 118 valence electrons. The van der Waals surface area contributed by atoms with Gasteiger partial charge in [0.05, 0.1) is 12.3 Å². The Labute approximate surface area is 138 Å². The highest BCUT2D eigenvalue weighted by atomic mass is 32.1. The zero-order chi connectivity index (χ0) is 16.7. The lowest BCUT2D eigenvalue weighted by Crippen LogP contribution is -2.14. The highest BCUT2D eigenvalue weighted by Crippen LogP contribution is 2.17. The molecule has 2 aromatic rings. The Morgan fingerprint density at radius 3 is 2.74 bits per heavy atom. The first-order chi connectivity index (χ1) is 11.1. The lowest BCUT2D eigenvalue weighted by molar-refractivity contribution is -0.112. The van der Waals surface area contributed by atoms with Crippen molar-refractivity contribution in [3.8, 4) is 11.8 Å². The number of ether oxygens (including phenoxy) is 1. The number of anilines is 2. The van der Waals surface area contributed by atoms with Crippen molar-refractivity contribution in [3.63, 3.8) is 0 Å². The lowest BCUT2D eigenvalue weighted by atomic mass is 10.2. The van der Waals surface area contributed by atoms with Crippen LogP contribution in [0.4, 0.5) is 10.8 Å². The van der Waals surface area contributed by atoms with Gasteiger partial charge in [-0.05, 0) is 38.1 Å². The van der Waals surface area contributed by atoms with Gasteiger partial charge in [0, 0.05) is 17.3 Å². The molecule has 0 aliphatic rings. The van der Waals surface area contributed by atoms with Crippen LogP contribution in [0.25, 0.3) is 0 Å². The van der Waals surface area contributed by atoms with Gasteiger partial charge in [-0.15, -0.1) is 11.3 Å². The third-order valence-corrected chi connectivity index (χ3v) is 3.64. The van der Waals surface area contributed by atoms with Crippen molar-refractivity contribution in [2.75, 3.05) is 17.2 Å². The van der Waals surface area contributed by atoms with Gasteiger partial charge < -0.3 is 15.4 Å². The Balaban J connectivity index is 2.00. The number of thiazole rings is 1. The summed E-state index contributed by atoms with van der Waals surface area (Å²) in [6.45, 7) is 4.35. The standard InChI is InChI=1S/C16H16N4O2S/c1-3-22-14-6-4-13(5-7-14)20-15(21)12(8-17)9-18-16-19-11(2)10-23-16/h4-7,9-10H,3H2,1-2H3,(H,18,19)(H,20,21)/b12-9-. The predicted molar refractivity (Wildman–Crippen MR) is 90.4 cm³/mol. The first-order valence-electron chi connectivity index (χ1n) is 6.95. The number of benzene rings is 1. The summed E-state index contributed by atoms with van der Waals surface area (Å²) < 4.78 is 5.33. The molecule has 0 bridgehead atoms. The molecule has 0 spiro atoms. The minimum absolute atomic E-state index is 0.0354. The number of rotatable bonds is 6. The molecule has 1 heterocycles. The van der Waals surface area contributed by atoms with Crippen LogP contribution in [-0.4, -0.2) is 17.5 Å². The van der Waals surface area contributed by atoms with E-state index in [9.17, 15) is 4.79 Å². The van der Waals surface area contributed by atoms with Crippen molar-refractivity contribution in [1.29, 1.82) is 5.26 Å². The second-order valence-corrected chi connectivity index (χ2v) is 5.38. The summed E-state index contributed by atoms with van der Waals surface area (Å²) in [7, 11) is 0. The summed E-state index contributed by atoms with van der Waals surface area (Å²) >= 11 is 1.40. The van der Waals surface area contributed by atoms with Gasteiger partial charge in [0.2, 0.25) is 0 Å². The van der Waals surface area contributed by atoms with E-state index in [1.807, 2.05) is 25.3 Å². The Hall–Kier alpha value is -2.85. The van der Waals surface area contributed by atoms with Crippen molar-refractivity contribution in [1.82, 2.24) is 4.98 Å². The van der Waals surface area contributed by atoms with E-state index in [4.69, 9.17) is 10.00 Å². The zero-order valence-electron chi connectivity index (χ0n) is 12.8. The van der Waals surface area contributed by atoms with Gasteiger partial charge in [-0.2, -0.15) is 5.26 Å². The average molecular weight is 328 g/mol. The maximum atomic E-state index is 12.1. The van der Waals surface area contributed by atoms with Crippen LogP contribution in [0.5, 0.6) is 5.75 Å². The normalized spacial score (nSPS) is 10.7. The predicted octanol–water partition coefficient (Wildman–Crippen LogP) is 3.31. The Kier molecular flexibility index (Phi) is 5.72. The van der Waals surface area contributed by atoms with E-state index in [-0.39, 0.29) is 5.57 Å². The van der Waals surface area contributed by atoms with E-state index in [0.717, 1.165) is 11.4 Å². The fourth-order valence-corrected chi connectivity index (χ4v) is 2.36. The second kappa shape index (κ2) is 7.96. The molecule has 0 aliphatic heterocycles. The van der Waals surface area contributed by atoms with Crippen LogP contribution in [0.3, 0.4) is 0 Å². The Morgan fingerprint density at radius 2 is 2.17 bits per heavy atom. The Bertz CT molecular complexity index is 744. The molecule has 0 radical (unpaired) electrons. The molecule has 1 amide bonds. The van der Waals surface area contributed by atoms with Crippen LogP contribution in [0.15, 0.2) is 41.4 Å². The summed E-state index contributed by atoms with van der Waals surface area (Å²) in [5.41, 5.74) is 1.43. The fraction of sp³-hybridized carbons (Fsp3) is 0.188. The summed E-state index contributed by atoms with van der Waals surface area (Å²) in [4.78, 5) is 16.3. The van der Waals surface area contributed by atoms with Crippen LogP contribution in [-0.2, 0) is 4.79 Å². The lowest BCUT2D eigenvalue weighted by Gasteiger charge is -2.06. The number of nitriles is 1. The molecule has 0 saturated carbocycles. The van der Waals surface area contributed by atoms with Gasteiger partial charge in [0.25, 0.3) is 5.91 Å². The molecule has 7 heteroatoms. The molecule has 0 unspecified atom stereocenters. The monoisotopic (exact) mass is 328 g/mol. The largest absolute Gasteiger partial charge is 0.494 e. The summed E-state index contributed by atoms with van der Waals surface area (Å²) in [6, 6.07) is 8.82. The molecule has 0 saturated heterocycles.